The van der Waals surface area contributed by atoms with Gasteiger partial charge in [0.2, 0.25) is 0 Å². The molecule has 0 aliphatic heterocycles. The summed E-state index contributed by atoms with van der Waals surface area (Å²) in [6, 6.07) is 0. The Morgan fingerprint density at radius 3 is 1.55 bits per heavy atom. The lowest BCUT2D eigenvalue weighted by Gasteiger charge is -2.27. The van der Waals surface area contributed by atoms with Crippen LogP contribution in [-0.2, 0) is 9.78 Å². The molecule has 0 N–H and O–H groups in total. The van der Waals surface area contributed by atoms with Crippen LogP contribution in [0.2, 0.25) is 0 Å². The second kappa shape index (κ2) is 7.05. The zero-order valence-electron chi connectivity index (χ0n) is 12.7. The molecule has 2 atom stereocenters. The first-order valence-corrected chi connectivity index (χ1v) is 7.55. The number of hydrogen-bond acceptors (Lipinski definition) is 2. The van der Waals surface area contributed by atoms with Crippen molar-refractivity contribution in [3.8, 4) is 0 Å². The molecule has 0 amide bonds. The molecule has 0 aromatic rings. The summed E-state index contributed by atoms with van der Waals surface area (Å²) in [5, 5.41) is 0. The third-order valence-electron chi connectivity index (χ3n) is 4.26. The van der Waals surface area contributed by atoms with E-state index in [0.717, 1.165) is 25.7 Å². The lowest BCUT2D eigenvalue weighted by Crippen LogP contribution is -2.19. The van der Waals surface area contributed by atoms with Crippen molar-refractivity contribution in [2.75, 3.05) is 13.2 Å². The minimum atomic E-state index is 0.223. The van der Waals surface area contributed by atoms with E-state index < -0.39 is 0 Å². The van der Waals surface area contributed by atoms with E-state index in [-0.39, 0.29) is 10.8 Å². The molecule has 2 aliphatic carbocycles. The molecule has 2 unspecified atom stereocenters. The van der Waals surface area contributed by atoms with Gasteiger partial charge in [0, 0.05) is 0 Å². The van der Waals surface area contributed by atoms with Crippen molar-refractivity contribution >= 4 is 0 Å². The van der Waals surface area contributed by atoms with Crippen LogP contribution in [0, 0.1) is 10.8 Å². The Morgan fingerprint density at radius 2 is 1.20 bits per heavy atom. The molecule has 110 valence electrons. The van der Waals surface area contributed by atoms with Crippen molar-refractivity contribution in [1.82, 2.24) is 0 Å². The molecule has 0 bridgehead atoms. The second-order valence-electron chi connectivity index (χ2n) is 6.43. The van der Waals surface area contributed by atoms with E-state index in [9.17, 15) is 0 Å². The molecule has 2 nitrogen and oxygen atoms in total. The molecule has 0 saturated heterocycles. The third kappa shape index (κ3) is 4.77. The molecule has 0 radical (unpaired) electrons. The van der Waals surface area contributed by atoms with E-state index in [4.69, 9.17) is 9.78 Å². The van der Waals surface area contributed by atoms with Crippen LogP contribution >= 0.6 is 0 Å². The zero-order chi connectivity index (χ0) is 14.3. The minimum Gasteiger partial charge on any atom is -0.237 e. The third-order valence-corrected chi connectivity index (χ3v) is 4.26. The summed E-state index contributed by atoms with van der Waals surface area (Å²) in [5.41, 5.74) is 0.446. The highest BCUT2D eigenvalue weighted by Gasteiger charge is 2.22. The van der Waals surface area contributed by atoms with Crippen LogP contribution in [0.4, 0.5) is 0 Å². The number of hydrogen-bond donors (Lipinski definition) is 0. The quantitative estimate of drug-likeness (QED) is 0.378. The van der Waals surface area contributed by atoms with Gasteiger partial charge >= 0.3 is 0 Å². The average Bonchev–Trinajstić information content (AvgIpc) is 2.44. The summed E-state index contributed by atoms with van der Waals surface area (Å²) >= 11 is 0. The summed E-state index contributed by atoms with van der Waals surface area (Å²) < 4.78 is 0. The molecule has 2 rings (SSSR count). The molecule has 20 heavy (non-hydrogen) atoms. The summed E-state index contributed by atoms with van der Waals surface area (Å²) in [4.78, 5) is 10.7. The molecule has 0 saturated carbocycles. The fourth-order valence-electron chi connectivity index (χ4n) is 2.58. The lowest BCUT2D eigenvalue weighted by molar-refractivity contribution is -0.299. The highest BCUT2D eigenvalue weighted by molar-refractivity contribution is 5.16. The Labute approximate surface area is 122 Å². The molecule has 0 aromatic heterocycles. The summed E-state index contributed by atoms with van der Waals surface area (Å²) in [6.45, 7) is 5.83. The fourth-order valence-corrected chi connectivity index (χ4v) is 2.58. The highest BCUT2D eigenvalue weighted by Crippen LogP contribution is 2.32. The van der Waals surface area contributed by atoms with Crippen molar-refractivity contribution in [2.24, 2.45) is 10.8 Å². The van der Waals surface area contributed by atoms with Crippen LogP contribution in [0.15, 0.2) is 48.6 Å². The first-order chi connectivity index (χ1) is 9.62. The van der Waals surface area contributed by atoms with Gasteiger partial charge in [0.05, 0.1) is 13.2 Å². The van der Waals surface area contributed by atoms with E-state index in [1.807, 2.05) is 0 Å². The average molecular weight is 274 g/mol. The number of rotatable bonds is 7. The summed E-state index contributed by atoms with van der Waals surface area (Å²) in [5.74, 6) is 0. The molecular formula is C18H26O2. The van der Waals surface area contributed by atoms with Crippen LogP contribution in [0.25, 0.3) is 0 Å². The Balaban J connectivity index is 1.56. The van der Waals surface area contributed by atoms with Gasteiger partial charge in [0.1, 0.15) is 0 Å². The topological polar surface area (TPSA) is 18.5 Å². The monoisotopic (exact) mass is 274 g/mol. The van der Waals surface area contributed by atoms with Gasteiger partial charge in [-0.3, -0.25) is 0 Å². The minimum absolute atomic E-state index is 0.223. The first kappa shape index (κ1) is 15.3. The van der Waals surface area contributed by atoms with Crippen LogP contribution in [-0.4, -0.2) is 13.2 Å². The van der Waals surface area contributed by atoms with Crippen molar-refractivity contribution in [2.45, 2.75) is 39.5 Å². The van der Waals surface area contributed by atoms with Gasteiger partial charge < -0.3 is 0 Å². The van der Waals surface area contributed by atoms with Gasteiger partial charge in [-0.1, -0.05) is 62.5 Å². The van der Waals surface area contributed by atoms with Crippen molar-refractivity contribution in [3.63, 3.8) is 0 Å². The normalized spacial score (nSPS) is 31.9. The first-order valence-electron chi connectivity index (χ1n) is 7.55. The molecular weight excluding hydrogens is 248 g/mol. The SMILES string of the molecule is CC1(CCOOCCC2(C)C=CC=CC2)C=CC=CC1. The van der Waals surface area contributed by atoms with Gasteiger partial charge in [-0.05, 0) is 36.5 Å². The molecule has 0 spiro atoms. The Kier molecular flexibility index (Phi) is 5.38. The number of allylic oxidation sites excluding steroid dienone is 8. The molecule has 2 aliphatic rings. The van der Waals surface area contributed by atoms with E-state index in [1.165, 1.54) is 0 Å². The lowest BCUT2D eigenvalue weighted by atomic mass is 9.81. The van der Waals surface area contributed by atoms with Gasteiger partial charge in [-0.15, -0.1) is 0 Å². The van der Waals surface area contributed by atoms with E-state index in [0.29, 0.717) is 13.2 Å². The van der Waals surface area contributed by atoms with Crippen molar-refractivity contribution in [1.29, 1.82) is 0 Å². The van der Waals surface area contributed by atoms with Gasteiger partial charge in [-0.25, -0.2) is 9.78 Å². The zero-order valence-corrected chi connectivity index (χ0v) is 12.7. The van der Waals surface area contributed by atoms with Gasteiger partial charge in [-0.2, -0.15) is 0 Å². The van der Waals surface area contributed by atoms with Crippen LogP contribution in [0.3, 0.4) is 0 Å². The Bertz CT molecular complexity index is 379. The van der Waals surface area contributed by atoms with E-state index in [1.54, 1.807) is 0 Å². The maximum atomic E-state index is 5.34. The van der Waals surface area contributed by atoms with E-state index >= 15 is 0 Å². The predicted octanol–water partition coefficient (Wildman–Crippen LogP) is 4.76. The highest BCUT2D eigenvalue weighted by atomic mass is 17.2. The van der Waals surface area contributed by atoms with Crippen LogP contribution < -0.4 is 0 Å². The summed E-state index contributed by atoms with van der Waals surface area (Å²) in [7, 11) is 0. The van der Waals surface area contributed by atoms with Crippen LogP contribution in [0.5, 0.6) is 0 Å². The van der Waals surface area contributed by atoms with E-state index in [2.05, 4.69) is 62.5 Å². The van der Waals surface area contributed by atoms with Gasteiger partial charge in [0.15, 0.2) is 0 Å². The molecule has 0 heterocycles. The van der Waals surface area contributed by atoms with Crippen molar-refractivity contribution in [3.05, 3.63) is 48.6 Å². The Hall–Kier alpha value is -1.12. The molecule has 2 heteroatoms. The maximum absolute atomic E-state index is 5.34. The van der Waals surface area contributed by atoms with Gasteiger partial charge in [0.25, 0.3) is 0 Å². The smallest absolute Gasteiger partial charge is 0.0830 e. The second-order valence-corrected chi connectivity index (χ2v) is 6.43. The van der Waals surface area contributed by atoms with Crippen LogP contribution in [0.1, 0.15) is 39.5 Å². The Morgan fingerprint density at radius 1 is 0.750 bits per heavy atom. The standard InChI is InChI=1S/C18H26O2/c1-17(9-5-3-6-10-17)13-15-19-20-16-14-18(2)11-7-4-8-12-18/h3-9,11H,10,12-16H2,1-2H3. The fraction of sp³-hybridized carbons (Fsp3) is 0.556. The largest absolute Gasteiger partial charge is 0.237 e. The maximum Gasteiger partial charge on any atom is 0.0830 e. The predicted molar refractivity (Wildman–Crippen MR) is 83.1 cm³/mol. The van der Waals surface area contributed by atoms with Crippen molar-refractivity contribution < 1.29 is 9.78 Å². The molecule has 0 aromatic carbocycles. The summed E-state index contributed by atoms with van der Waals surface area (Å²) in [6.07, 6.45) is 21.5. The molecule has 0 fully saturated rings.